The standard InChI is InChI=1S/C34H41N3O6S/c1-4-43-33(40)24-35(18-15-26-9-7-25(2)8-10-26)31(38)22-30-34(41)36(19-16-27-11-13-28(42-3)14-12-27)23-32(39)37(30)20-17-29-6-5-21-44-29/h5-14,21,30H,4,15-20,22-24H2,1-3H3. The van der Waals surface area contributed by atoms with Crippen LogP contribution in [-0.2, 0) is 43.2 Å². The van der Waals surface area contributed by atoms with Crippen LogP contribution in [0, 0.1) is 6.92 Å². The smallest absolute Gasteiger partial charge is 0.325 e. The zero-order valence-electron chi connectivity index (χ0n) is 25.7. The summed E-state index contributed by atoms with van der Waals surface area (Å²) < 4.78 is 10.4. The molecule has 1 saturated heterocycles. The Bertz CT molecular complexity index is 1390. The molecule has 0 spiro atoms. The lowest BCUT2D eigenvalue weighted by atomic mass is 10.0. The first kappa shape index (κ1) is 32.7. The maximum Gasteiger partial charge on any atom is 0.325 e. The number of methoxy groups -OCH3 is 1. The van der Waals surface area contributed by atoms with E-state index in [-0.39, 0.29) is 50.4 Å². The summed E-state index contributed by atoms with van der Waals surface area (Å²) in [6.45, 7) is 4.63. The molecule has 3 aromatic rings. The van der Waals surface area contributed by atoms with E-state index in [1.807, 2.05) is 73.0 Å². The lowest BCUT2D eigenvalue weighted by molar-refractivity contribution is -0.158. The van der Waals surface area contributed by atoms with Crippen LogP contribution in [0.25, 0.3) is 0 Å². The summed E-state index contributed by atoms with van der Waals surface area (Å²) in [5.41, 5.74) is 3.17. The number of rotatable bonds is 15. The van der Waals surface area contributed by atoms with Crippen LogP contribution in [0.1, 0.15) is 34.9 Å². The number of ether oxygens (including phenoxy) is 2. The van der Waals surface area contributed by atoms with Gasteiger partial charge in [0.25, 0.3) is 0 Å². The first-order valence-electron chi connectivity index (χ1n) is 15.0. The normalized spacial score (nSPS) is 14.9. The Labute approximate surface area is 263 Å². The molecule has 1 aliphatic rings. The van der Waals surface area contributed by atoms with Crippen molar-refractivity contribution in [3.63, 3.8) is 0 Å². The highest BCUT2D eigenvalue weighted by Crippen LogP contribution is 2.21. The molecule has 0 N–H and O–H groups in total. The largest absolute Gasteiger partial charge is 0.497 e. The summed E-state index contributed by atoms with van der Waals surface area (Å²) in [7, 11) is 1.61. The molecule has 1 aromatic heterocycles. The minimum absolute atomic E-state index is 0.0376. The Morgan fingerprint density at radius 2 is 1.66 bits per heavy atom. The zero-order chi connectivity index (χ0) is 31.5. The number of hydrogen-bond donors (Lipinski definition) is 0. The Morgan fingerprint density at radius 3 is 2.32 bits per heavy atom. The van der Waals surface area contributed by atoms with E-state index in [0.29, 0.717) is 32.4 Å². The second kappa shape index (κ2) is 16.0. The van der Waals surface area contributed by atoms with Crippen LogP contribution in [0.5, 0.6) is 5.75 Å². The van der Waals surface area contributed by atoms with Gasteiger partial charge in [-0.3, -0.25) is 19.2 Å². The van der Waals surface area contributed by atoms with Gasteiger partial charge in [0, 0.05) is 24.5 Å². The van der Waals surface area contributed by atoms with E-state index in [9.17, 15) is 19.2 Å². The number of aryl methyl sites for hydroxylation is 1. The molecule has 0 aliphatic carbocycles. The average Bonchev–Trinajstić information content (AvgIpc) is 3.55. The van der Waals surface area contributed by atoms with Crippen LogP contribution < -0.4 is 4.74 Å². The number of carbonyl (C=O) groups excluding carboxylic acids is 4. The maximum absolute atomic E-state index is 13.9. The third kappa shape index (κ3) is 9.16. The van der Waals surface area contributed by atoms with Crippen LogP contribution >= 0.6 is 11.3 Å². The van der Waals surface area contributed by atoms with Gasteiger partial charge in [-0.25, -0.2) is 0 Å². The molecule has 2 heterocycles. The predicted octanol–water partition coefficient (Wildman–Crippen LogP) is 3.91. The van der Waals surface area contributed by atoms with Crippen LogP contribution in [0.3, 0.4) is 0 Å². The first-order valence-corrected chi connectivity index (χ1v) is 15.9. The van der Waals surface area contributed by atoms with Crippen LogP contribution in [0.2, 0.25) is 0 Å². The Hall–Kier alpha value is -4.18. The molecular weight excluding hydrogens is 578 g/mol. The number of nitrogens with zero attached hydrogens (tertiary/aromatic N) is 3. The molecule has 0 radical (unpaired) electrons. The van der Waals surface area contributed by atoms with Gasteiger partial charge < -0.3 is 24.2 Å². The van der Waals surface area contributed by atoms with Gasteiger partial charge in [0.15, 0.2) is 0 Å². The number of hydrogen-bond acceptors (Lipinski definition) is 7. The quantitative estimate of drug-likeness (QED) is 0.240. The van der Waals surface area contributed by atoms with Crippen molar-refractivity contribution in [1.29, 1.82) is 0 Å². The number of esters is 1. The van der Waals surface area contributed by atoms with Gasteiger partial charge in [-0.1, -0.05) is 48.0 Å². The number of amides is 3. The van der Waals surface area contributed by atoms with Crippen molar-refractivity contribution >= 4 is 35.0 Å². The van der Waals surface area contributed by atoms with Crippen LogP contribution in [0.15, 0.2) is 66.0 Å². The van der Waals surface area contributed by atoms with Gasteiger partial charge in [-0.2, -0.15) is 0 Å². The van der Waals surface area contributed by atoms with E-state index < -0.39 is 12.0 Å². The summed E-state index contributed by atoms with van der Waals surface area (Å²) in [6, 6.07) is 18.6. The Balaban J connectivity index is 1.51. The van der Waals surface area contributed by atoms with Crippen molar-refractivity contribution in [3.05, 3.63) is 87.6 Å². The molecule has 2 aromatic carbocycles. The summed E-state index contributed by atoms with van der Waals surface area (Å²) in [5, 5.41) is 1.97. The van der Waals surface area contributed by atoms with Crippen molar-refractivity contribution in [3.8, 4) is 5.75 Å². The second-order valence-electron chi connectivity index (χ2n) is 10.9. The van der Waals surface area contributed by atoms with Gasteiger partial charge in [-0.05, 0) is 67.8 Å². The van der Waals surface area contributed by atoms with Gasteiger partial charge in [-0.15, -0.1) is 11.3 Å². The van der Waals surface area contributed by atoms with Gasteiger partial charge >= 0.3 is 5.97 Å². The van der Waals surface area contributed by atoms with E-state index in [1.165, 1.54) is 4.90 Å². The molecule has 234 valence electrons. The minimum Gasteiger partial charge on any atom is -0.497 e. The summed E-state index contributed by atoms with van der Waals surface area (Å²) in [6.07, 6.45) is 1.48. The molecule has 3 amide bonds. The molecule has 10 heteroatoms. The SMILES string of the molecule is CCOC(=O)CN(CCc1ccc(C)cc1)C(=O)CC1C(=O)N(CCc2ccc(OC)cc2)CC(=O)N1CCc1cccs1. The number of piperazine rings is 1. The first-order chi connectivity index (χ1) is 21.3. The molecule has 4 rings (SSSR count). The highest BCUT2D eigenvalue weighted by Gasteiger charge is 2.41. The van der Waals surface area contributed by atoms with E-state index >= 15 is 0 Å². The average molecular weight is 620 g/mol. The number of benzene rings is 2. The fourth-order valence-corrected chi connectivity index (χ4v) is 5.92. The van der Waals surface area contributed by atoms with Crippen LogP contribution in [0.4, 0.5) is 0 Å². The molecule has 0 bridgehead atoms. The molecular formula is C34H41N3O6S. The molecule has 44 heavy (non-hydrogen) atoms. The molecule has 0 saturated carbocycles. The molecule has 1 fully saturated rings. The molecule has 1 atom stereocenters. The third-order valence-corrected chi connectivity index (χ3v) is 8.70. The van der Waals surface area contributed by atoms with Crippen molar-refractivity contribution in [2.24, 2.45) is 0 Å². The van der Waals surface area contributed by atoms with Crippen LogP contribution in [-0.4, -0.2) is 90.9 Å². The Morgan fingerprint density at radius 1 is 0.955 bits per heavy atom. The second-order valence-corrected chi connectivity index (χ2v) is 11.9. The summed E-state index contributed by atoms with van der Waals surface area (Å²) in [5.74, 6) is -0.578. The number of thiophene rings is 1. The Kier molecular flexibility index (Phi) is 11.9. The lowest BCUT2D eigenvalue weighted by Gasteiger charge is -2.40. The highest BCUT2D eigenvalue weighted by molar-refractivity contribution is 7.09. The fourth-order valence-electron chi connectivity index (χ4n) is 5.23. The van der Waals surface area contributed by atoms with Gasteiger partial charge in [0.05, 0.1) is 26.7 Å². The summed E-state index contributed by atoms with van der Waals surface area (Å²) in [4.78, 5) is 59.3. The molecule has 1 aliphatic heterocycles. The summed E-state index contributed by atoms with van der Waals surface area (Å²) >= 11 is 1.59. The molecule has 1 unspecified atom stereocenters. The van der Waals surface area contributed by atoms with Crippen molar-refractivity contribution in [2.45, 2.75) is 45.6 Å². The van der Waals surface area contributed by atoms with Crippen molar-refractivity contribution in [1.82, 2.24) is 14.7 Å². The maximum atomic E-state index is 13.9. The van der Waals surface area contributed by atoms with E-state index in [0.717, 1.165) is 27.3 Å². The minimum atomic E-state index is -0.955. The monoisotopic (exact) mass is 619 g/mol. The van der Waals surface area contributed by atoms with E-state index in [1.54, 1.807) is 35.2 Å². The van der Waals surface area contributed by atoms with Crippen molar-refractivity contribution < 1.29 is 28.7 Å². The fraction of sp³-hybridized carbons (Fsp3) is 0.412. The lowest BCUT2D eigenvalue weighted by Crippen LogP contribution is -2.61. The van der Waals surface area contributed by atoms with Gasteiger partial charge in [0.2, 0.25) is 17.7 Å². The van der Waals surface area contributed by atoms with Crippen molar-refractivity contribution in [2.75, 3.05) is 46.4 Å². The van der Waals surface area contributed by atoms with Gasteiger partial charge in [0.1, 0.15) is 18.3 Å². The van der Waals surface area contributed by atoms with E-state index in [4.69, 9.17) is 9.47 Å². The topological polar surface area (TPSA) is 96.5 Å². The molecule has 9 nitrogen and oxygen atoms in total. The number of carbonyl (C=O) groups is 4. The zero-order valence-corrected chi connectivity index (χ0v) is 26.5. The highest BCUT2D eigenvalue weighted by atomic mass is 32.1. The predicted molar refractivity (Wildman–Crippen MR) is 170 cm³/mol. The third-order valence-electron chi connectivity index (χ3n) is 7.77. The van der Waals surface area contributed by atoms with E-state index in [2.05, 4.69) is 0 Å².